The van der Waals surface area contributed by atoms with E-state index in [9.17, 15) is 5.11 Å². The van der Waals surface area contributed by atoms with E-state index in [-0.39, 0.29) is 32.3 Å². The van der Waals surface area contributed by atoms with Gasteiger partial charge in [0, 0.05) is 6.04 Å². The summed E-state index contributed by atoms with van der Waals surface area (Å²) in [6, 6.07) is 9.22. The fourth-order valence-corrected chi connectivity index (χ4v) is 0.954. The number of aliphatic hydroxyl groups excluding tert-OH is 1. The van der Waals surface area contributed by atoms with Crippen molar-refractivity contribution in [3.8, 4) is 0 Å². The first-order chi connectivity index (χ1) is 5.22. The van der Waals surface area contributed by atoms with Crippen molar-refractivity contribution in [2.24, 2.45) is 5.73 Å². The van der Waals surface area contributed by atoms with Crippen LogP contribution in [0.2, 0.25) is 0 Å². The van der Waals surface area contributed by atoms with Crippen LogP contribution in [-0.2, 0) is 0 Å². The molecule has 13 heavy (non-hydrogen) atoms. The number of rotatable bonds is 2. The molecule has 4 heteroatoms. The molecule has 0 amide bonds. The van der Waals surface area contributed by atoms with Crippen molar-refractivity contribution in [1.82, 2.24) is 0 Å². The lowest BCUT2D eigenvalue weighted by Gasteiger charge is -2.13. The lowest BCUT2D eigenvalue weighted by Crippen LogP contribution is -3.00. The molecule has 0 fully saturated rings. The van der Waals surface area contributed by atoms with Crippen molar-refractivity contribution in [1.29, 1.82) is 0 Å². The molecular weight excluding hydrogens is 209 g/mol. The van der Waals surface area contributed by atoms with Gasteiger partial charge in [-0.1, -0.05) is 30.3 Å². The van der Waals surface area contributed by atoms with E-state index in [1.807, 2.05) is 30.3 Å². The number of hydrogen-bond donors (Lipinski definition) is 2. The van der Waals surface area contributed by atoms with E-state index >= 15 is 0 Å². The first kappa shape index (κ1) is 15.2. The maximum atomic E-state index is 9.47. The molecular formula is C9H15Cl2NO. The Balaban J connectivity index is -0.000000403. The molecule has 0 aliphatic heterocycles. The van der Waals surface area contributed by atoms with Crippen LogP contribution < -0.4 is 18.1 Å². The lowest BCUT2D eigenvalue weighted by molar-refractivity contribution is -0.00000389. The zero-order valence-corrected chi connectivity index (χ0v) is 8.92. The van der Waals surface area contributed by atoms with E-state index in [1.165, 1.54) is 0 Å². The van der Waals surface area contributed by atoms with Gasteiger partial charge in [-0.25, -0.2) is 0 Å². The minimum atomic E-state index is -0.545. The molecule has 0 aromatic heterocycles. The summed E-state index contributed by atoms with van der Waals surface area (Å²) in [6.07, 6.45) is -0.545. The molecule has 3 N–H and O–H groups in total. The second-order valence-electron chi connectivity index (χ2n) is 2.71. The monoisotopic (exact) mass is 223 g/mol. The van der Waals surface area contributed by atoms with Crippen LogP contribution in [0.4, 0.5) is 0 Å². The Hall–Kier alpha value is -0.280. The average molecular weight is 224 g/mol. The molecule has 0 aliphatic carbocycles. The number of benzene rings is 1. The summed E-state index contributed by atoms with van der Waals surface area (Å²) in [5.74, 6) is 0. The van der Waals surface area contributed by atoms with Crippen LogP contribution in [0.15, 0.2) is 30.3 Å². The molecule has 1 aromatic rings. The molecule has 76 valence electrons. The predicted molar refractivity (Wildman–Crippen MR) is 53.4 cm³/mol. The van der Waals surface area contributed by atoms with Gasteiger partial charge in [0.1, 0.15) is 0 Å². The van der Waals surface area contributed by atoms with Crippen molar-refractivity contribution in [2.75, 3.05) is 0 Å². The van der Waals surface area contributed by atoms with Gasteiger partial charge in [-0.2, -0.15) is 0 Å². The number of aliphatic hydroxyl groups is 1. The minimum Gasteiger partial charge on any atom is -1.00 e. The standard InChI is InChI=1S/C9H13NO.2ClH/c1-7(10)9(11)8-5-3-2-4-6-8;;/h2-7,9,11H,10H2,1H3;2*1H/t7-,9-;;/m1../s1. The Kier molecular flexibility index (Phi) is 8.37. The van der Waals surface area contributed by atoms with Crippen LogP contribution in [0.1, 0.15) is 20.0 Å². The third-order valence-corrected chi connectivity index (χ3v) is 1.64. The second-order valence-corrected chi connectivity index (χ2v) is 2.71. The summed E-state index contributed by atoms with van der Waals surface area (Å²) in [5.41, 5.74) is 6.40. The van der Waals surface area contributed by atoms with Gasteiger partial charge in [0.2, 0.25) is 0 Å². The molecule has 2 nitrogen and oxygen atoms in total. The van der Waals surface area contributed by atoms with Crippen LogP contribution >= 0.6 is 12.4 Å². The summed E-state index contributed by atoms with van der Waals surface area (Å²) in [7, 11) is 0. The molecule has 0 bridgehead atoms. The average Bonchev–Trinajstić information content (AvgIpc) is 2.05. The highest BCUT2D eigenvalue weighted by Crippen LogP contribution is 2.13. The van der Waals surface area contributed by atoms with Crippen LogP contribution in [0.3, 0.4) is 0 Å². The van der Waals surface area contributed by atoms with Gasteiger partial charge in [0.15, 0.2) is 0 Å². The summed E-state index contributed by atoms with van der Waals surface area (Å²) < 4.78 is 0. The van der Waals surface area contributed by atoms with Crippen LogP contribution in [0.5, 0.6) is 0 Å². The molecule has 0 saturated heterocycles. The third kappa shape index (κ3) is 4.48. The molecule has 0 saturated carbocycles. The van der Waals surface area contributed by atoms with Crippen molar-refractivity contribution in [3.05, 3.63) is 35.9 Å². The minimum absolute atomic E-state index is 0. The van der Waals surface area contributed by atoms with E-state index in [1.54, 1.807) is 6.92 Å². The summed E-state index contributed by atoms with van der Waals surface area (Å²) in [4.78, 5) is 0. The van der Waals surface area contributed by atoms with E-state index in [2.05, 4.69) is 0 Å². The summed E-state index contributed by atoms with van der Waals surface area (Å²) >= 11 is 0. The maximum absolute atomic E-state index is 9.47. The highest BCUT2D eigenvalue weighted by Gasteiger charge is 2.10. The Morgan fingerprint density at radius 1 is 1.31 bits per heavy atom. The fourth-order valence-electron chi connectivity index (χ4n) is 0.954. The molecule has 0 radical (unpaired) electrons. The largest absolute Gasteiger partial charge is 1.00 e. The molecule has 0 unspecified atom stereocenters. The molecule has 2 atom stereocenters. The SMILES string of the molecule is C[C@@H](N)[C@@H](O)c1ccccc1.Cl.[Cl-].[H+]. The fraction of sp³-hybridized carbons (Fsp3) is 0.333. The Morgan fingerprint density at radius 3 is 2.15 bits per heavy atom. The molecule has 0 heterocycles. The lowest BCUT2D eigenvalue weighted by atomic mass is 10.0. The molecule has 0 spiro atoms. The third-order valence-electron chi connectivity index (χ3n) is 1.64. The maximum Gasteiger partial charge on any atom is 1.00 e. The molecule has 1 aromatic carbocycles. The highest BCUT2D eigenvalue weighted by molar-refractivity contribution is 5.85. The summed E-state index contributed by atoms with van der Waals surface area (Å²) in [5, 5.41) is 9.47. The summed E-state index contributed by atoms with van der Waals surface area (Å²) in [6.45, 7) is 1.79. The van der Waals surface area contributed by atoms with Crippen molar-refractivity contribution in [3.63, 3.8) is 0 Å². The highest BCUT2D eigenvalue weighted by atomic mass is 35.5. The number of nitrogens with two attached hydrogens (primary N) is 1. The topological polar surface area (TPSA) is 46.2 Å². The predicted octanol–water partition coefficient (Wildman–Crippen LogP) is -1.39. The van der Waals surface area contributed by atoms with Crippen molar-refractivity contribution < 1.29 is 18.9 Å². The van der Waals surface area contributed by atoms with Crippen LogP contribution in [0, 0.1) is 0 Å². The quantitative estimate of drug-likeness (QED) is 0.649. The zero-order valence-electron chi connectivity index (χ0n) is 8.35. The van der Waals surface area contributed by atoms with Gasteiger partial charge in [0.25, 0.3) is 0 Å². The van der Waals surface area contributed by atoms with Gasteiger partial charge >= 0.3 is 1.43 Å². The molecule has 0 aliphatic rings. The zero-order chi connectivity index (χ0) is 8.27. The van der Waals surface area contributed by atoms with E-state index in [0.29, 0.717) is 0 Å². The van der Waals surface area contributed by atoms with Crippen molar-refractivity contribution >= 4 is 12.4 Å². The van der Waals surface area contributed by atoms with Crippen LogP contribution in [-0.4, -0.2) is 11.1 Å². The van der Waals surface area contributed by atoms with Crippen molar-refractivity contribution in [2.45, 2.75) is 19.1 Å². The Bertz CT molecular complexity index is 221. The Morgan fingerprint density at radius 2 is 1.77 bits per heavy atom. The van der Waals surface area contributed by atoms with Gasteiger partial charge in [0.05, 0.1) is 6.10 Å². The molecule has 1 rings (SSSR count). The van der Waals surface area contributed by atoms with E-state index in [0.717, 1.165) is 5.56 Å². The van der Waals surface area contributed by atoms with Gasteiger partial charge in [-0.15, -0.1) is 12.4 Å². The van der Waals surface area contributed by atoms with Crippen LogP contribution in [0.25, 0.3) is 0 Å². The Labute approximate surface area is 92.5 Å². The van der Waals surface area contributed by atoms with Gasteiger partial charge < -0.3 is 23.2 Å². The van der Waals surface area contributed by atoms with Gasteiger partial charge in [-0.05, 0) is 12.5 Å². The number of hydrogen-bond acceptors (Lipinski definition) is 2. The first-order valence-corrected chi connectivity index (χ1v) is 3.70. The first-order valence-electron chi connectivity index (χ1n) is 3.70. The second kappa shape index (κ2) is 7.15. The smallest absolute Gasteiger partial charge is 1.00 e. The van der Waals surface area contributed by atoms with Gasteiger partial charge in [-0.3, -0.25) is 0 Å². The van der Waals surface area contributed by atoms with E-state index in [4.69, 9.17) is 5.73 Å². The normalized spacial score (nSPS) is 13.5. The van der Waals surface area contributed by atoms with E-state index < -0.39 is 6.10 Å². The number of halogens is 2.